The highest BCUT2D eigenvalue weighted by Crippen LogP contribution is 2.32. The van der Waals surface area contributed by atoms with Crippen molar-refractivity contribution < 1.29 is 9.47 Å². The van der Waals surface area contributed by atoms with Crippen LogP contribution in [0.25, 0.3) is 6.08 Å². The molecule has 1 aromatic carbocycles. The molecule has 0 aliphatic carbocycles. The van der Waals surface area contributed by atoms with Crippen molar-refractivity contribution in [2.24, 2.45) is 5.73 Å². The average molecular weight is 251 g/mol. The standard InChI is InChI=1S/C13H17NO2S/c1-15-13-7-10(3-2-6-14)4-5-12(13)16-11-8-17-9-11/h2-5,7,11H,6,8-9,14H2,1H3/b3-2+. The lowest BCUT2D eigenvalue weighted by molar-refractivity contribution is 0.228. The van der Waals surface area contributed by atoms with Crippen molar-refractivity contribution in [1.29, 1.82) is 0 Å². The van der Waals surface area contributed by atoms with Crippen molar-refractivity contribution in [3.63, 3.8) is 0 Å². The number of nitrogens with two attached hydrogens (primary N) is 1. The Morgan fingerprint density at radius 1 is 1.41 bits per heavy atom. The molecule has 92 valence electrons. The summed E-state index contributed by atoms with van der Waals surface area (Å²) < 4.78 is 11.2. The number of benzene rings is 1. The van der Waals surface area contributed by atoms with Crippen LogP contribution in [-0.4, -0.2) is 31.3 Å². The lowest BCUT2D eigenvalue weighted by Crippen LogP contribution is -2.31. The normalized spacial score (nSPS) is 15.9. The van der Waals surface area contributed by atoms with E-state index in [2.05, 4.69) is 0 Å². The van der Waals surface area contributed by atoms with Crippen molar-refractivity contribution in [2.45, 2.75) is 6.10 Å². The molecular formula is C13H17NO2S. The molecule has 1 heterocycles. The maximum atomic E-state index is 5.84. The largest absolute Gasteiger partial charge is 0.493 e. The highest BCUT2D eigenvalue weighted by Gasteiger charge is 2.21. The average Bonchev–Trinajstić information content (AvgIpc) is 2.31. The Morgan fingerprint density at radius 3 is 2.82 bits per heavy atom. The molecule has 3 nitrogen and oxygen atoms in total. The van der Waals surface area contributed by atoms with Crippen LogP contribution in [0, 0.1) is 0 Å². The summed E-state index contributed by atoms with van der Waals surface area (Å²) in [5.74, 6) is 3.74. The zero-order valence-electron chi connectivity index (χ0n) is 9.89. The summed E-state index contributed by atoms with van der Waals surface area (Å²) in [5, 5.41) is 0. The molecule has 1 saturated heterocycles. The minimum atomic E-state index is 0.333. The van der Waals surface area contributed by atoms with Gasteiger partial charge >= 0.3 is 0 Å². The Labute approximate surface area is 106 Å². The van der Waals surface area contributed by atoms with Crippen molar-refractivity contribution >= 4 is 17.8 Å². The number of hydrogen-bond donors (Lipinski definition) is 1. The summed E-state index contributed by atoms with van der Waals surface area (Å²) in [6.07, 6.45) is 4.22. The fourth-order valence-corrected chi connectivity index (χ4v) is 2.12. The van der Waals surface area contributed by atoms with Gasteiger partial charge in [-0.3, -0.25) is 0 Å². The second-order valence-corrected chi connectivity index (χ2v) is 4.90. The van der Waals surface area contributed by atoms with Crippen LogP contribution in [-0.2, 0) is 0 Å². The number of rotatable bonds is 5. The molecule has 0 bridgehead atoms. The van der Waals surface area contributed by atoms with E-state index in [1.165, 1.54) is 0 Å². The van der Waals surface area contributed by atoms with Crippen LogP contribution in [0.5, 0.6) is 11.5 Å². The third-order valence-electron chi connectivity index (χ3n) is 2.54. The summed E-state index contributed by atoms with van der Waals surface area (Å²) in [4.78, 5) is 0. The Hall–Kier alpha value is -1.13. The summed E-state index contributed by atoms with van der Waals surface area (Å²) in [6.45, 7) is 0.542. The summed E-state index contributed by atoms with van der Waals surface area (Å²) in [7, 11) is 1.66. The van der Waals surface area contributed by atoms with E-state index in [0.717, 1.165) is 28.6 Å². The number of hydrogen-bond acceptors (Lipinski definition) is 4. The first-order valence-corrected chi connectivity index (χ1v) is 6.78. The molecule has 0 saturated carbocycles. The lowest BCUT2D eigenvalue weighted by atomic mass is 10.2. The molecule has 0 spiro atoms. The lowest BCUT2D eigenvalue weighted by Gasteiger charge is -2.26. The first kappa shape index (κ1) is 12.3. The van der Waals surface area contributed by atoms with Crippen molar-refractivity contribution in [3.8, 4) is 11.5 Å². The van der Waals surface area contributed by atoms with Gasteiger partial charge in [0.25, 0.3) is 0 Å². The van der Waals surface area contributed by atoms with Crippen LogP contribution < -0.4 is 15.2 Å². The van der Waals surface area contributed by atoms with Crippen LogP contribution in [0.4, 0.5) is 0 Å². The zero-order chi connectivity index (χ0) is 12.1. The molecule has 0 amide bonds. The smallest absolute Gasteiger partial charge is 0.161 e. The zero-order valence-corrected chi connectivity index (χ0v) is 10.7. The molecule has 2 N–H and O–H groups in total. The van der Waals surface area contributed by atoms with Crippen LogP contribution in [0.1, 0.15) is 5.56 Å². The predicted octanol–water partition coefficient (Wildman–Crippen LogP) is 2.16. The summed E-state index contributed by atoms with van der Waals surface area (Å²) in [5.41, 5.74) is 6.50. The Bertz CT molecular complexity index is 402. The predicted molar refractivity (Wildman–Crippen MR) is 72.8 cm³/mol. The van der Waals surface area contributed by atoms with Gasteiger partial charge in [-0.15, -0.1) is 0 Å². The molecule has 0 unspecified atom stereocenters. The van der Waals surface area contributed by atoms with Gasteiger partial charge in [-0.05, 0) is 17.7 Å². The minimum Gasteiger partial charge on any atom is -0.493 e. The fourth-order valence-electron chi connectivity index (χ4n) is 1.55. The summed E-state index contributed by atoms with van der Waals surface area (Å²) in [6, 6.07) is 5.93. The minimum absolute atomic E-state index is 0.333. The molecule has 1 aliphatic rings. The van der Waals surface area contributed by atoms with E-state index in [9.17, 15) is 0 Å². The highest BCUT2D eigenvalue weighted by atomic mass is 32.2. The second kappa shape index (κ2) is 5.98. The van der Waals surface area contributed by atoms with E-state index in [-0.39, 0.29) is 0 Å². The summed E-state index contributed by atoms with van der Waals surface area (Å²) >= 11 is 1.90. The van der Waals surface area contributed by atoms with Crippen LogP contribution in [0.3, 0.4) is 0 Å². The quantitative estimate of drug-likeness (QED) is 0.871. The van der Waals surface area contributed by atoms with Crippen molar-refractivity contribution in [3.05, 3.63) is 29.8 Å². The third-order valence-corrected chi connectivity index (χ3v) is 3.75. The van der Waals surface area contributed by atoms with Gasteiger partial charge in [0.05, 0.1) is 7.11 Å². The monoisotopic (exact) mass is 251 g/mol. The van der Waals surface area contributed by atoms with E-state index >= 15 is 0 Å². The number of ether oxygens (including phenoxy) is 2. The van der Waals surface area contributed by atoms with Gasteiger partial charge in [0, 0.05) is 18.1 Å². The Balaban J connectivity index is 2.12. The van der Waals surface area contributed by atoms with Crippen LogP contribution >= 0.6 is 11.8 Å². The Kier molecular flexibility index (Phi) is 4.34. The van der Waals surface area contributed by atoms with Gasteiger partial charge in [-0.1, -0.05) is 18.2 Å². The SMILES string of the molecule is COc1cc(/C=C/CN)ccc1OC1CSC1. The van der Waals surface area contributed by atoms with Gasteiger partial charge in [0.1, 0.15) is 6.10 Å². The second-order valence-electron chi connectivity index (χ2n) is 3.83. The van der Waals surface area contributed by atoms with Gasteiger partial charge in [0.2, 0.25) is 0 Å². The van der Waals surface area contributed by atoms with Crippen LogP contribution in [0.15, 0.2) is 24.3 Å². The first-order chi connectivity index (χ1) is 8.33. The molecule has 0 atom stereocenters. The van der Waals surface area contributed by atoms with E-state index in [1.807, 2.05) is 42.1 Å². The number of thioether (sulfide) groups is 1. The molecule has 1 aromatic rings. The first-order valence-electron chi connectivity index (χ1n) is 5.62. The molecular weight excluding hydrogens is 234 g/mol. The van der Waals surface area contributed by atoms with E-state index in [1.54, 1.807) is 7.11 Å². The molecule has 2 rings (SSSR count). The number of methoxy groups -OCH3 is 1. The van der Waals surface area contributed by atoms with E-state index in [4.69, 9.17) is 15.2 Å². The molecule has 1 fully saturated rings. The maximum Gasteiger partial charge on any atom is 0.161 e. The Morgan fingerprint density at radius 2 is 2.24 bits per heavy atom. The molecule has 4 heteroatoms. The third kappa shape index (κ3) is 3.17. The van der Waals surface area contributed by atoms with Gasteiger partial charge in [0.15, 0.2) is 11.5 Å². The van der Waals surface area contributed by atoms with Crippen LogP contribution in [0.2, 0.25) is 0 Å². The maximum absolute atomic E-state index is 5.84. The molecule has 0 aromatic heterocycles. The van der Waals surface area contributed by atoms with Crippen molar-refractivity contribution in [2.75, 3.05) is 25.2 Å². The topological polar surface area (TPSA) is 44.5 Å². The fraction of sp³-hybridized carbons (Fsp3) is 0.385. The van der Waals surface area contributed by atoms with E-state index < -0.39 is 0 Å². The van der Waals surface area contributed by atoms with Gasteiger partial charge in [-0.2, -0.15) is 11.8 Å². The van der Waals surface area contributed by atoms with Crippen molar-refractivity contribution in [1.82, 2.24) is 0 Å². The van der Waals surface area contributed by atoms with Gasteiger partial charge < -0.3 is 15.2 Å². The molecule has 1 aliphatic heterocycles. The highest BCUT2D eigenvalue weighted by molar-refractivity contribution is 8.00. The van der Waals surface area contributed by atoms with Gasteiger partial charge in [-0.25, -0.2) is 0 Å². The van der Waals surface area contributed by atoms with E-state index in [0.29, 0.717) is 12.6 Å². The molecule has 0 radical (unpaired) electrons. The molecule has 17 heavy (non-hydrogen) atoms.